The fraction of sp³-hybridized carbons (Fsp3) is 0.526. The highest BCUT2D eigenvalue weighted by Crippen LogP contribution is 2.23. The fourth-order valence-electron chi connectivity index (χ4n) is 2.95. The minimum Gasteiger partial charge on any atom is -0.378 e. The first-order valence-corrected chi connectivity index (χ1v) is 9.28. The highest BCUT2D eigenvalue weighted by molar-refractivity contribution is 5.61. The molecule has 1 aliphatic rings. The van der Waals surface area contributed by atoms with Crippen LogP contribution in [0.1, 0.15) is 25.0 Å². The average Bonchev–Trinajstić information content (AvgIpc) is 2.66. The number of hydrogen-bond acceptors (Lipinski definition) is 7. The van der Waals surface area contributed by atoms with Gasteiger partial charge in [0.15, 0.2) is 0 Å². The lowest BCUT2D eigenvalue weighted by atomic mass is 10.1. The number of morpholine rings is 1. The minimum atomic E-state index is 0.581. The van der Waals surface area contributed by atoms with E-state index in [0.717, 1.165) is 37.4 Å². The summed E-state index contributed by atoms with van der Waals surface area (Å²) in [5.74, 6) is 1.99. The lowest BCUT2D eigenvalue weighted by Gasteiger charge is -2.28. The molecule has 0 saturated carbocycles. The van der Waals surface area contributed by atoms with E-state index in [2.05, 4.69) is 71.0 Å². The van der Waals surface area contributed by atoms with Gasteiger partial charge in [-0.15, -0.1) is 0 Å². The summed E-state index contributed by atoms with van der Waals surface area (Å²) in [5.41, 5.74) is 3.38. The van der Waals surface area contributed by atoms with Crippen molar-refractivity contribution in [1.82, 2.24) is 15.0 Å². The van der Waals surface area contributed by atoms with E-state index in [9.17, 15) is 0 Å². The van der Waals surface area contributed by atoms with Crippen LogP contribution in [0.25, 0.3) is 0 Å². The van der Waals surface area contributed by atoms with Crippen LogP contribution in [0.15, 0.2) is 18.2 Å². The number of benzene rings is 1. The molecule has 140 valence electrons. The van der Waals surface area contributed by atoms with Crippen molar-refractivity contribution in [2.75, 3.05) is 54.5 Å². The zero-order valence-corrected chi connectivity index (χ0v) is 16.1. The molecule has 7 heteroatoms. The molecule has 2 heterocycles. The zero-order chi connectivity index (χ0) is 18.5. The first-order chi connectivity index (χ1) is 12.6. The molecule has 0 aliphatic carbocycles. The molecule has 0 atom stereocenters. The fourth-order valence-corrected chi connectivity index (χ4v) is 2.95. The normalized spacial score (nSPS) is 14.4. The topological polar surface area (TPSA) is 66.4 Å². The molecule has 1 aromatic carbocycles. The Balaban J connectivity index is 1.96. The van der Waals surface area contributed by atoms with Gasteiger partial charge in [-0.3, -0.25) is 0 Å². The summed E-state index contributed by atoms with van der Waals surface area (Å²) in [6.45, 7) is 13.1. The second-order valence-corrected chi connectivity index (χ2v) is 6.47. The van der Waals surface area contributed by atoms with Crippen molar-refractivity contribution in [2.24, 2.45) is 0 Å². The molecule has 0 spiro atoms. The number of anilines is 4. The lowest BCUT2D eigenvalue weighted by molar-refractivity contribution is 0.122. The van der Waals surface area contributed by atoms with E-state index in [1.54, 1.807) is 0 Å². The number of aryl methyl sites for hydroxylation is 2. The largest absolute Gasteiger partial charge is 0.378 e. The predicted octanol–water partition coefficient (Wildman–Crippen LogP) is 2.91. The van der Waals surface area contributed by atoms with Crippen molar-refractivity contribution in [3.8, 4) is 0 Å². The van der Waals surface area contributed by atoms with Crippen molar-refractivity contribution in [1.29, 1.82) is 0 Å². The van der Waals surface area contributed by atoms with Crippen molar-refractivity contribution in [3.05, 3.63) is 29.3 Å². The van der Waals surface area contributed by atoms with E-state index in [1.807, 2.05) is 0 Å². The van der Waals surface area contributed by atoms with E-state index in [0.29, 0.717) is 31.1 Å². The van der Waals surface area contributed by atoms with Gasteiger partial charge in [0.2, 0.25) is 17.8 Å². The van der Waals surface area contributed by atoms with Crippen LogP contribution in [0.4, 0.5) is 23.5 Å². The molecule has 0 bridgehead atoms. The van der Waals surface area contributed by atoms with Gasteiger partial charge in [-0.1, -0.05) is 12.1 Å². The average molecular weight is 356 g/mol. The summed E-state index contributed by atoms with van der Waals surface area (Å²) in [6.07, 6.45) is 0. The van der Waals surface area contributed by atoms with E-state index < -0.39 is 0 Å². The molecule has 1 aliphatic heterocycles. The van der Waals surface area contributed by atoms with Gasteiger partial charge in [0, 0.05) is 31.9 Å². The van der Waals surface area contributed by atoms with Gasteiger partial charge >= 0.3 is 0 Å². The molecule has 1 saturated heterocycles. The summed E-state index contributed by atoms with van der Waals surface area (Å²) < 4.78 is 5.46. The molecule has 0 amide bonds. The second-order valence-electron chi connectivity index (χ2n) is 6.47. The monoisotopic (exact) mass is 356 g/mol. The first kappa shape index (κ1) is 18.4. The van der Waals surface area contributed by atoms with Crippen LogP contribution in [0, 0.1) is 13.8 Å². The number of hydrogen-bond donors (Lipinski definition) is 1. The number of nitrogens with one attached hydrogen (secondary N) is 1. The molecule has 2 aromatic rings. The maximum atomic E-state index is 5.46. The molecule has 1 aromatic heterocycles. The van der Waals surface area contributed by atoms with E-state index in [-0.39, 0.29) is 0 Å². The van der Waals surface area contributed by atoms with Gasteiger partial charge in [0.05, 0.1) is 13.2 Å². The smallest absolute Gasteiger partial charge is 0.233 e. The highest BCUT2D eigenvalue weighted by atomic mass is 16.5. The standard InChI is InChI=1S/C19H28N6O/c1-5-24(6-2)18-21-17(20-16-13-14(3)7-8-15(16)4)22-19(23-18)25-9-11-26-12-10-25/h7-8,13H,5-6,9-12H2,1-4H3,(H,20,21,22,23). The third kappa shape index (κ3) is 4.22. The summed E-state index contributed by atoms with van der Waals surface area (Å²) >= 11 is 0. The third-order valence-electron chi connectivity index (χ3n) is 4.59. The zero-order valence-electron chi connectivity index (χ0n) is 16.1. The van der Waals surface area contributed by atoms with Crippen molar-refractivity contribution >= 4 is 23.5 Å². The van der Waals surface area contributed by atoms with Crippen LogP contribution in [0.2, 0.25) is 0 Å². The summed E-state index contributed by atoms with van der Waals surface area (Å²) in [5, 5.41) is 3.39. The molecular weight excluding hydrogens is 328 g/mol. The Kier molecular flexibility index (Phi) is 5.88. The molecule has 0 radical (unpaired) electrons. The third-order valence-corrected chi connectivity index (χ3v) is 4.59. The predicted molar refractivity (Wildman–Crippen MR) is 106 cm³/mol. The molecule has 0 unspecified atom stereocenters. The first-order valence-electron chi connectivity index (χ1n) is 9.28. The van der Waals surface area contributed by atoms with Gasteiger partial charge < -0.3 is 19.9 Å². The summed E-state index contributed by atoms with van der Waals surface area (Å²) in [6, 6.07) is 6.33. The molecule has 7 nitrogen and oxygen atoms in total. The van der Waals surface area contributed by atoms with Crippen LogP contribution >= 0.6 is 0 Å². The van der Waals surface area contributed by atoms with Gasteiger partial charge in [-0.25, -0.2) is 0 Å². The highest BCUT2D eigenvalue weighted by Gasteiger charge is 2.18. The van der Waals surface area contributed by atoms with Crippen LogP contribution in [-0.4, -0.2) is 54.3 Å². The summed E-state index contributed by atoms with van der Waals surface area (Å²) in [4.78, 5) is 18.4. The van der Waals surface area contributed by atoms with Crippen molar-refractivity contribution in [3.63, 3.8) is 0 Å². The van der Waals surface area contributed by atoms with Crippen molar-refractivity contribution < 1.29 is 4.74 Å². The summed E-state index contributed by atoms with van der Waals surface area (Å²) in [7, 11) is 0. The maximum absolute atomic E-state index is 5.46. The Hall–Kier alpha value is -2.41. The Labute approximate surface area is 155 Å². The van der Waals surface area contributed by atoms with Crippen molar-refractivity contribution in [2.45, 2.75) is 27.7 Å². The van der Waals surface area contributed by atoms with Gasteiger partial charge in [0.25, 0.3) is 0 Å². The van der Waals surface area contributed by atoms with Crippen LogP contribution in [0.3, 0.4) is 0 Å². The number of rotatable bonds is 6. The van der Waals surface area contributed by atoms with Crippen LogP contribution < -0.4 is 15.1 Å². The number of nitrogens with zero attached hydrogens (tertiary/aromatic N) is 5. The number of aromatic nitrogens is 3. The molecule has 1 N–H and O–H groups in total. The Bertz CT molecular complexity index is 741. The van der Waals surface area contributed by atoms with E-state index in [4.69, 9.17) is 9.72 Å². The second kappa shape index (κ2) is 8.31. The quantitative estimate of drug-likeness (QED) is 0.853. The van der Waals surface area contributed by atoms with Gasteiger partial charge in [-0.2, -0.15) is 15.0 Å². The molecule has 1 fully saturated rings. The molecular formula is C19H28N6O. The van der Waals surface area contributed by atoms with Gasteiger partial charge in [0.1, 0.15) is 0 Å². The molecule has 26 heavy (non-hydrogen) atoms. The molecule has 3 rings (SSSR count). The van der Waals surface area contributed by atoms with Gasteiger partial charge in [-0.05, 0) is 44.9 Å². The number of ether oxygens (including phenoxy) is 1. The Morgan fingerprint density at radius 2 is 1.81 bits per heavy atom. The minimum absolute atomic E-state index is 0.581. The van der Waals surface area contributed by atoms with E-state index >= 15 is 0 Å². The SMILES string of the molecule is CCN(CC)c1nc(Nc2cc(C)ccc2C)nc(N2CCOCC2)n1. The van der Waals surface area contributed by atoms with Crippen LogP contribution in [-0.2, 0) is 4.74 Å². The van der Waals surface area contributed by atoms with Crippen LogP contribution in [0.5, 0.6) is 0 Å². The maximum Gasteiger partial charge on any atom is 0.233 e. The van der Waals surface area contributed by atoms with E-state index in [1.165, 1.54) is 5.56 Å². The Morgan fingerprint density at radius 1 is 1.08 bits per heavy atom. The Morgan fingerprint density at radius 3 is 2.50 bits per heavy atom. The lowest BCUT2D eigenvalue weighted by Crippen LogP contribution is -2.38.